The largest absolute Gasteiger partial charge is 0.328 e. The van der Waals surface area contributed by atoms with E-state index in [1.54, 1.807) is 0 Å². The maximum Gasteiger partial charge on any atom is 0.00763 e. The van der Waals surface area contributed by atoms with Crippen LogP contribution in [0.3, 0.4) is 0 Å². The molecule has 0 spiro atoms. The molecule has 5 fully saturated rings. The molecule has 220 valence electrons. The molecular weight excluding hydrogens is 456 g/mol. The van der Waals surface area contributed by atoms with E-state index < -0.39 is 0 Å². The van der Waals surface area contributed by atoms with Gasteiger partial charge in [0.25, 0.3) is 0 Å². The van der Waals surface area contributed by atoms with Crippen molar-refractivity contribution in [3.8, 4) is 0 Å². The third-order valence-corrected chi connectivity index (χ3v) is 8.03. The van der Waals surface area contributed by atoms with Crippen molar-refractivity contribution in [2.24, 2.45) is 34.4 Å². The van der Waals surface area contributed by atoms with Gasteiger partial charge in [0, 0.05) is 36.3 Å². The molecule has 0 heterocycles. The molecule has 0 amide bonds. The van der Waals surface area contributed by atoms with Crippen LogP contribution < -0.4 is 34.4 Å². The highest BCUT2D eigenvalue weighted by atomic mass is 14.7. The first-order valence-corrected chi connectivity index (χ1v) is 16.0. The van der Waals surface area contributed by atoms with Gasteiger partial charge in [-0.3, -0.25) is 0 Å². The van der Waals surface area contributed by atoms with E-state index in [2.05, 4.69) is 12.2 Å². The second-order valence-corrected chi connectivity index (χ2v) is 12.3. The molecule has 1 atom stereocenters. The van der Waals surface area contributed by atoms with E-state index in [9.17, 15) is 0 Å². The number of nitrogens with two attached hydrogens (primary N) is 6. The van der Waals surface area contributed by atoms with Crippen LogP contribution in [0.15, 0.2) is 12.2 Å². The maximum absolute atomic E-state index is 5.73. The Morgan fingerprint density at radius 2 is 0.595 bits per heavy atom. The topological polar surface area (TPSA) is 156 Å². The minimum absolute atomic E-state index is 0.449. The molecule has 0 aromatic rings. The average Bonchev–Trinajstić information content (AvgIpc) is 3.59. The first-order chi connectivity index (χ1) is 17.9. The lowest BCUT2D eigenvalue weighted by molar-refractivity contribution is 0.418. The minimum Gasteiger partial charge on any atom is -0.328 e. The molecule has 0 aliphatic heterocycles. The van der Waals surface area contributed by atoms with E-state index in [0.717, 1.165) is 6.42 Å². The molecule has 6 nitrogen and oxygen atoms in total. The Kier molecular flexibility index (Phi) is 21.8. The van der Waals surface area contributed by atoms with Gasteiger partial charge in [0.2, 0.25) is 0 Å². The zero-order valence-corrected chi connectivity index (χ0v) is 24.3. The molecule has 6 aliphatic rings. The number of hydrogen-bond donors (Lipinski definition) is 6. The van der Waals surface area contributed by atoms with Gasteiger partial charge in [-0.1, -0.05) is 76.4 Å². The molecule has 37 heavy (non-hydrogen) atoms. The monoisotopic (exact) mass is 523 g/mol. The van der Waals surface area contributed by atoms with E-state index in [-0.39, 0.29) is 0 Å². The van der Waals surface area contributed by atoms with Crippen molar-refractivity contribution in [2.75, 3.05) is 0 Å². The Balaban J connectivity index is 0.000000225. The van der Waals surface area contributed by atoms with Crippen LogP contribution in [0, 0.1) is 0 Å². The predicted molar refractivity (Wildman–Crippen MR) is 163 cm³/mol. The summed E-state index contributed by atoms with van der Waals surface area (Å²) >= 11 is 0. The van der Waals surface area contributed by atoms with Crippen molar-refractivity contribution in [3.63, 3.8) is 0 Å². The Bertz CT molecular complexity index is 500. The van der Waals surface area contributed by atoms with E-state index in [1.165, 1.54) is 141 Å². The highest BCUT2D eigenvalue weighted by molar-refractivity contribution is 4.91. The van der Waals surface area contributed by atoms with Gasteiger partial charge in [0.15, 0.2) is 0 Å². The van der Waals surface area contributed by atoms with Crippen molar-refractivity contribution >= 4 is 0 Å². The van der Waals surface area contributed by atoms with Gasteiger partial charge in [0.1, 0.15) is 0 Å². The lowest BCUT2D eigenvalue weighted by Crippen LogP contribution is -2.27. The molecule has 0 aromatic carbocycles. The molecule has 0 aromatic heterocycles. The number of rotatable bonds is 0. The van der Waals surface area contributed by atoms with Crippen molar-refractivity contribution in [1.29, 1.82) is 0 Å². The molecule has 1 unspecified atom stereocenters. The van der Waals surface area contributed by atoms with Crippen LogP contribution in [0.25, 0.3) is 0 Å². The molecular formula is C31H66N6. The van der Waals surface area contributed by atoms with E-state index in [0.29, 0.717) is 36.3 Å². The van der Waals surface area contributed by atoms with Gasteiger partial charge in [-0.25, -0.2) is 0 Å². The van der Waals surface area contributed by atoms with Crippen molar-refractivity contribution in [3.05, 3.63) is 12.2 Å². The molecule has 0 bridgehead atoms. The second kappa shape index (κ2) is 23.4. The third kappa shape index (κ3) is 24.3. The highest BCUT2D eigenvalue weighted by Gasteiger charge is 2.13. The first-order valence-electron chi connectivity index (χ1n) is 16.0. The summed E-state index contributed by atoms with van der Waals surface area (Å²) in [6.45, 7) is 0. The summed E-state index contributed by atoms with van der Waals surface area (Å²) in [5.41, 5.74) is 33.1. The van der Waals surface area contributed by atoms with Crippen LogP contribution >= 0.6 is 0 Å². The zero-order valence-electron chi connectivity index (χ0n) is 24.3. The molecule has 0 radical (unpaired) electrons. The van der Waals surface area contributed by atoms with Crippen LogP contribution in [0.1, 0.15) is 148 Å². The minimum atomic E-state index is 0.449. The summed E-state index contributed by atoms with van der Waals surface area (Å²) in [5.74, 6) is 0. The Hall–Kier alpha value is -0.500. The number of hydrogen-bond acceptors (Lipinski definition) is 6. The lowest BCUT2D eigenvalue weighted by atomic mass is 9.95. The summed E-state index contributed by atoms with van der Waals surface area (Å²) in [6.07, 6.45) is 34.2. The van der Waals surface area contributed by atoms with Crippen molar-refractivity contribution in [2.45, 2.75) is 184 Å². The second-order valence-electron chi connectivity index (χ2n) is 12.3. The maximum atomic E-state index is 5.73. The first kappa shape index (κ1) is 34.5. The Labute approximate surface area is 230 Å². The zero-order chi connectivity index (χ0) is 27.1. The summed E-state index contributed by atoms with van der Waals surface area (Å²) in [5, 5.41) is 0. The number of allylic oxidation sites excluding steroid dienone is 1. The van der Waals surface area contributed by atoms with E-state index >= 15 is 0 Å². The van der Waals surface area contributed by atoms with Crippen LogP contribution in [0.2, 0.25) is 0 Å². The fourth-order valence-corrected chi connectivity index (χ4v) is 4.76. The fraction of sp³-hybridized carbons (Fsp3) is 0.935. The van der Waals surface area contributed by atoms with Gasteiger partial charge in [-0.2, -0.15) is 0 Å². The molecule has 6 rings (SSSR count). The Morgan fingerprint density at radius 3 is 0.811 bits per heavy atom. The van der Waals surface area contributed by atoms with Gasteiger partial charge >= 0.3 is 0 Å². The lowest BCUT2D eigenvalue weighted by Gasteiger charge is -2.18. The molecule has 5 saturated carbocycles. The Morgan fingerprint density at radius 1 is 0.297 bits per heavy atom. The molecule has 0 saturated heterocycles. The van der Waals surface area contributed by atoms with Crippen molar-refractivity contribution < 1.29 is 0 Å². The van der Waals surface area contributed by atoms with Crippen molar-refractivity contribution in [1.82, 2.24) is 0 Å². The van der Waals surface area contributed by atoms with Crippen LogP contribution in [-0.2, 0) is 0 Å². The van der Waals surface area contributed by atoms with Crippen LogP contribution in [-0.4, -0.2) is 36.3 Å². The quantitative estimate of drug-likeness (QED) is 0.182. The molecule has 12 N–H and O–H groups in total. The van der Waals surface area contributed by atoms with Crippen LogP contribution in [0.5, 0.6) is 0 Å². The molecule has 6 heteroatoms. The summed E-state index contributed by atoms with van der Waals surface area (Å²) in [4.78, 5) is 0. The summed E-state index contributed by atoms with van der Waals surface area (Å²) in [7, 11) is 0. The normalized spacial score (nSPS) is 26.5. The van der Waals surface area contributed by atoms with Crippen LogP contribution in [0.4, 0.5) is 0 Å². The summed E-state index contributed by atoms with van der Waals surface area (Å²) in [6, 6.07) is 3.20. The summed E-state index contributed by atoms with van der Waals surface area (Å²) < 4.78 is 0. The SMILES string of the molecule is NC1CC1.NC1CC=CCC1.NC1CCC1.NC1CCCC1.NC1CCCCC1.NC1CCCCCC1. The standard InChI is InChI=1S/C7H15N.C6H13N.C6H11N.C5H11N.C4H9N.C3H7N/c8-7-5-3-1-2-4-6-7;2*7-6-4-2-1-3-5-6;6-5-3-1-2-4-5;5-4-2-1-3-4;4-3-1-2-3/h7H,1-6,8H2;6H,1-5,7H2;1-2,6H,3-5,7H2;5H,1-4,6H2;4H,1-3,5H2;3H,1-2,4H2. The third-order valence-electron chi connectivity index (χ3n) is 8.03. The van der Waals surface area contributed by atoms with Gasteiger partial charge in [-0.15, -0.1) is 0 Å². The fourth-order valence-electron chi connectivity index (χ4n) is 4.76. The van der Waals surface area contributed by atoms with E-state index in [4.69, 9.17) is 34.4 Å². The highest BCUT2D eigenvalue weighted by Crippen LogP contribution is 2.16. The van der Waals surface area contributed by atoms with E-state index in [1.807, 2.05) is 0 Å². The predicted octanol–water partition coefficient (Wildman–Crippen LogP) is 5.49. The molecule has 6 aliphatic carbocycles. The van der Waals surface area contributed by atoms with Gasteiger partial charge in [0.05, 0.1) is 0 Å². The van der Waals surface area contributed by atoms with Gasteiger partial charge < -0.3 is 34.4 Å². The van der Waals surface area contributed by atoms with Gasteiger partial charge in [-0.05, 0) is 83.5 Å². The average molecular weight is 523 g/mol. The smallest absolute Gasteiger partial charge is 0.00763 e.